The van der Waals surface area contributed by atoms with E-state index in [0.29, 0.717) is 18.5 Å². The van der Waals surface area contributed by atoms with E-state index in [1.807, 2.05) is 51.1 Å². The van der Waals surface area contributed by atoms with Crippen molar-refractivity contribution in [2.75, 3.05) is 6.54 Å². The lowest BCUT2D eigenvalue weighted by Crippen LogP contribution is -2.52. The smallest absolute Gasteiger partial charge is 0.411 e. The molecule has 1 heterocycles. The summed E-state index contributed by atoms with van der Waals surface area (Å²) < 4.78 is 11.1. The molecule has 1 fully saturated rings. The van der Waals surface area contributed by atoms with Gasteiger partial charge in [-0.25, -0.2) is 9.59 Å². The van der Waals surface area contributed by atoms with Crippen LogP contribution in [0.3, 0.4) is 0 Å². The minimum Gasteiger partial charge on any atom is -0.459 e. The first-order valence-corrected chi connectivity index (χ1v) is 11.1. The Labute approximate surface area is 152 Å². The number of hydrogen-bond donors (Lipinski definition) is 0. The molecule has 1 amide bonds. The molecule has 1 saturated heterocycles. The number of rotatable bonds is 4. The molecule has 6 heteroatoms. The number of carbonyl (C=O) groups is 2. The molecule has 1 aromatic carbocycles. The van der Waals surface area contributed by atoms with Crippen LogP contribution in [0, 0.1) is 0 Å². The van der Waals surface area contributed by atoms with Crippen LogP contribution in [0.5, 0.6) is 0 Å². The monoisotopic (exact) mass is 363 g/mol. The van der Waals surface area contributed by atoms with Gasteiger partial charge < -0.3 is 9.47 Å². The van der Waals surface area contributed by atoms with Gasteiger partial charge in [0.1, 0.15) is 17.7 Å². The molecule has 0 spiro atoms. The molecule has 0 bridgehead atoms. The van der Waals surface area contributed by atoms with Crippen LogP contribution in [0.4, 0.5) is 4.79 Å². The highest BCUT2D eigenvalue weighted by molar-refractivity contribution is 6.36. The van der Waals surface area contributed by atoms with Gasteiger partial charge in [0.25, 0.3) is 0 Å². The predicted octanol–water partition coefficient (Wildman–Crippen LogP) is 3.13. The maximum Gasteiger partial charge on any atom is 0.411 e. The van der Waals surface area contributed by atoms with Gasteiger partial charge in [-0.05, 0) is 45.2 Å². The molecular formula is C19H29NO4Si. The van der Waals surface area contributed by atoms with Crippen molar-refractivity contribution in [1.82, 2.24) is 4.90 Å². The van der Waals surface area contributed by atoms with Gasteiger partial charge in [0.05, 0.1) is 0 Å². The Balaban J connectivity index is 2.12. The van der Waals surface area contributed by atoms with E-state index in [0.717, 1.165) is 5.56 Å². The fraction of sp³-hybridized carbons (Fsp3) is 0.579. The highest BCUT2D eigenvalue weighted by atomic mass is 28.2. The minimum absolute atomic E-state index is 0.214. The van der Waals surface area contributed by atoms with Crippen LogP contribution in [-0.4, -0.2) is 44.2 Å². The summed E-state index contributed by atoms with van der Waals surface area (Å²) in [4.78, 5) is 27.0. The van der Waals surface area contributed by atoms with Crippen molar-refractivity contribution in [2.45, 2.75) is 64.0 Å². The lowest BCUT2D eigenvalue weighted by Gasteiger charge is -2.34. The molecular weight excluding hydrogens is 334 g/mol. The van der Waals surface area contributed by atoms with Crippen molar-refractivity contribution in [3.63, 3.8) is 0 Å². The fourth-order valence-corrected chi connectivity index (χ4v) is 4.50. The highest BCUT2D eigenvalue weighted by Crippen LogP contribution is 2.38. The summed E-state index contributed by atoms with van der Waals surface area (Å²) in [6, 6.07) is 9.57. The third-order valence-electron chi connectivity index (χ3n) is 4.57. The van der Waals surface area contributed by atoms with E-state index in [1.165, 1.54) is 0 Å². The predicted molar refractivity (Wildman–Crippen MR) is 100 cm³/mol. The van der Waals surface area contributed by atoms with E-state index in [-0.39, 0.29) is 22.1 Å². The summed E-state index contributed by atoms with van der Waals surface area (Å²) >= 11 is 0. The van der Waals surface area contributed by atoms with Crippen molar-refractivity contribution in [1.29, 1.82) is 0 Å². The topological polar surface area (TPSA) is 55.8 Å². The molecule has 0 aliphatic carbocycles. The normalized spacial score (nSPS) is 23.9. The summed E-state index contributed by atoms with van der Waals surface area (Å²) in [5, 5.41) is 0. The number of nitrogens with zero attached hydrogens (tertiary/aromatic N) is 1. The maximum atomic E-state index is 12.8. The van der Waals surface area contributed by atoms with Gasteiger partial charge in [0.2, 0.25) is 0 Å². The van der Waals surface area contributed by atoms with E-state index >= 15 is 0 Å². The molecule has 138 valence electrons. The zero-order valence-corrected chi connectivity index (χ0v) is 17.3. The molecule has 25 heavy (non-hydrogen) atoms. The Morgan fingerprint density at radius 2 is 1.92 bits per heavy atom. The Morgan fingerprint density at radius 3 is 2.48 bits per heavy atom. The second kappa shape index (κ2) is 7.60. The number of esters is 1. The van der Waals surface area contributed by atoms with Crippen molar-refractivity contribution in [2.24, 2.45) is 0 Å². The molecule has 5 nitrogen and oxygen atoms in total. The summed E-state index contributed by atoms with van der Waals surface area (Å²) in [5.74, 6) is -0.354. The third-order valence-corrected chi connectivity index (χ3v) is 6.27. The van der Waals surface area contributed by atoms with Gasteiger partial charge >= 0.3 is 12.1 Å². The van der Waals surface area contributed by atoms with E-state index in [1.54, 1.807) is 11.8 Å². The molecule has 0 N–H and O–H groups in total. The Morgan fingerprint density at radius 1 is 1.28 bits per heavy atom. The van der Waals surface area contributed by atoms with Crippen molar-refractivity contribution in [3.8, 4) is 0 Å². The fourth-order valence-electron chi connectivity index (χ4n) is 3.14. The minimum atomic E-state index is -0.954. The second-order valence-electron chi connectivity index (χ2n) is 7.90. The van der Waals surface area contributed by atoms with E-state index in [9.17, 15) is 9.59 Å². The third kappa shape index (κ3) is 4.84. The first-order valence-electron chi connectivity index (χ1n) is 8.87. The van der Waals surface area contributed by atoms with Crippen molar-refractivity contribution >= 4 is 21.6 Å². The van der Waals surface area contributed by atoms with Crippen LogP contribution in [0.15, 0.2) is 30.3 Å². The van der Waals surface area contributed by atoms with Gasteiger partial charge in [0.15, 0.2) is 0 Å². The number of benzene rings is 1. The van der Waals surface area contributed by atoms with Crippen LogP contribution in [0.2, 0.25) is 12.1 Å². The first kappa shape index (κ1) is 19.5. The Bertz CT molecular complexity index is 614. The second-order valence-corrected chi connectivity index (χ2v) is 9.88. The maximum absolute atomic E-state index is 12.8. The van der Waals surface area contributed by atoms with Gasteiger partial charge in [0, 0.05) is 16.1 Å². The number of likely N-dealkylation sites (tertiary alicyclic amines) is 1. The quantitative estimate of drug-likeness (QED) is 0.609. The van der Waals surface area contributed by atoms with Gasteiger partial charge in [-0.3, -0.25) is 4.90 Å². The summed E-state index contributed by atoms with van der Waals surface area (Å²) in [6.45, 7) is 10.3. The lowest BCUT2D eigenvalue weighted by atomic mass is 9.99. The van der Waals surface area contributed by atoms with E-state index < -0.39 is 17.2 Å². The average molecular weight is 364 g/mol. The van der Waals surface area contributed by atoms with E-state index in [2.05, 4.69) is 6.55 Å². The standard InChI is InChI=1S/C19H29NO4Si/c1-18(2,3)24-17(22)20-12-15(25-5)11-19(20,4)16(21)23-13-14-9-7-6-8-10-14/h6-10,15H,11-13,25H2,1-5H3/t15?,19-/m0/s1. The largest absolute Gasteiger partial charge is 0.459 e. The SMILES string of the molecule is C[SiH2]C1CN(C(=O)OC(C)(C)C)[C@](C)(C(=O)OCc2ccccc2)C1. The van der Waals surface area contributed by atoms with Gasteiger partial charge in [-0.2, -0.15) is 0 Å². The summed E-state index contributed by atoms with van der Waals surface area (Å²) in [6.07, 6.45) is 0.222. The molecule has 2 atom stereocenters. The summed E-state index contributed by atoms with van der Waals surface area (Å²) in [7, 11) is -0.338. The Kier molecular flexibility index (Phi) is 5.93. The summed E-state index contributed by atoms with van der Waals surface area (Å²) in [5.41, 5.74) is -0.206. The van der Waals surface area contributed by atoms with Crippen LogP contribution in [0.25, 0.3) is 0 Å². The number of amides is 1. The molecule has 1 aromatic rings. The molecule has 2 rings (SSSR count). The Hall–Kier alpha value is -1.82. The lowest BCUT2D eigenvalue weighted by molar-refractivity contribution is -0.156. The van der Waals surface area contributed by atoms with Crippen LogP contribution in [0.1, 0.15) is 39.7 Å². The van der Waals surface area contributed by atoms with Crippen LogP contribution < -0.4 is 0 Å². The highest BCUT2D eigenvalue weighted by Gasteiger charge is 2.51. The molecule has 1 unspecified atom stereocenters. The average Bonchev–Trinajstić information content (AvgIpc) is 2.90. The molecule has 0 radical (unpaired) electrons. The zero-order valence-electron chi connectivity index (χ0n) is 15.9. The van der Waals surface area contributed by atoms with Crippen LogP contribution >= 0.6 is 0 Å². The number of ether oxygens (including phenoxy) is 2. The van der Waals surface area contributed by atoms with Gasteiger partial charge in [-0.15, -0.1) is 0 Å². The molecule has 1 aliphatic heterocycles. The van der Waals surface area contributed by atoms with E-state index in [4.69, 9.17) is 9.47 Å². The molecule has 1 aliphatic rings. The first-order chi connectivity index (χ1) is 11.7. The van der Waals surface area contributed by atoms with Crippen LogP contribution in [-0.2, 0) is 20.9 Å². The van der Waals surface area contributed by atoms with Crippen molar-refractivity contribution in [3.05, 3.63) is 35.9 Å². The number of hydrogen-bond acceptors (Lipinski definition) is 4. The molecule has 0 aromatic heterocycles. The zero-order chi connectivity index (χ0) is 18.7. The molecule has 0 saturated carbocycles. The van der Waals surface area contributed by atoms with Crippen molar-refractivity contribution < 1.29 is 19.1 Å². The van der Waals surface area contributed by atoms with Gasteiger partial charge in [-0.1, -0.05) is 36.9 Å². The number of carbonyl (C=O) groups excluding carboxylic acids is 2.